The van der Waals surface area contributed by atoms with Gasteiger partial charge in [0.15, 0.2) is 0 Å². The Morgan fingerprint density at radius 2 is 2.00 bits per heavy atom. The normalized spacial score (nSPS) is 21.6. The van der Waals surface area contributed by atoms with Gasteiger partial charge < -0.3 is 9.64 Å². The quantitative estimate of drug-likeness (QED) is 0.629. The Morgan fingerprint density at radius 1 is 1.33 bits per heavy atom. The van der Waals surface area contributed by atoms with E-state index in [0.29, 0.717) is 18.7 Å². The summed E-state index contributed by atoms with van der Waals surface area (Å²) in [5.41, 5.74) is -0.534. The molecule has 2 rings (SSSR count). The van der Waals surface area contributed by atoms with E-state index in [0.717, 1.165) is 18.9 Å². The van der Waals surface area contributed by atoms with Gasteiger partial charge in [-0.1, -0.05) is 0 Å². The van der Waals surface area contributed by atoms with Crippen molar-refractivity contribution in [1.29, 1.82) is 0 Å². The fraction of sp³-hybridized carbons (Fsp3) is 0.941. The van der Waals surface area contributed by atoms with Gasteiger partial charge in [0, 0.05) is 25.2 Å². The van der Waals surface area contributed by atoms with Gasteiger partial charge in [0.25, 0.3) is 0 Å². The van der Waals surface area contributed by atoms with Crippen molar-refractivity contribution in [3.63, 3.8) is 0 Å². The fourth-order valence-corrected chi connectivity index (χ4v) is 2.76. The molecule has 0 amide bonds. The molecule has 0 aliphatic heterocycles. The number of esters is 1. The zero-order valence-corrected chi connectivity index (χ0v) is 14.2. The molecule has 2 aliphatic rings. The lowest BCUT2D eigenvalue weighted by atomic mass is 9.96. The molecule has 1 N–H and O–H groups in total. The number of rotatable bonds is 10. The van der Waals surface area contributed by atoms with Gasteiger partial charge in [-0.05, 0) is 65.7 Å². The Hall–Kier alpha value is -0.610. The van der Waals surface area contributed by atoms with E-state index < -0.39 is 5.54 Å². The Bertz CT molecular complexity index is 351. The van der Waals surface area contributed by atoms with Crippen molar-refractivity contribution in [2.24, 2.45) is 5.92 Å². The summed E-state index contributed by atoms with van der Waals surface area (Å²) in [5, 5.41) is 3.51. The van der Waals surface area contributed by atoms with E-state index in [1.165, 1.54) is 32.2 Å². The van der Waals surface area contributed by atoms with E-state index in [1.54, 1.807) is 0 Å². The number of ether oxygens (including phenoxy) is 1. The van der Waals surface area contributed by atoms with E-state index in [1.807, 2.05) is 13.8 Å². The van der Waals surface area contributed by atoms with Gasteiger partial charge in [0.05, 0.1) is 6.61 Å². The molecule has 1 unspecified atom stereocenters. The lowest BCUT2D eigenvalue weighted by molar-refractivity contribution is -0.151. The molecule has 0 aromatic rings. The lowest BCUT2D eigenvalue weighted by Crippen LogP contribution is -2.53. The molecule has 4 heteroatoms. The van der Waals surface area contributed by atoms with Crippen LogP contribution in [0.4, 0.5) is 0 Å². The molecule has 122 valence electrons. The summed E-state index contributed by atoms with van der Waals surface area (Å²) in [6, 6.07) is 1.05. The molecule has 1 atom stereocenters. The molecular weight excluding hydrogens is 264 g/mol. The molecule has 0 bridgehead atoms. The van der Waals surface area contributed by atoms with Crippen LogP contribution in [0.5, 0.6) is 0 Å². The highest BCUT2D eigenvalue weighted by Crippen LogP contribution is 2.31. The first-order valence-electron chi connectivity index (χ1n) is 8.63. The van der Waals surface area contributed by atoms with Crippen LogP contribution in [0.1, 0.15) is 59.8 Å². The van der Waals surface area contributed by atoms with Gasteiger partial charge >= 0.3 is 5.97 Å². The van der Waals surface area contributed by atoms with Gasteiger partial charge in [-0.2, -0.15) is 0 Å². The second-order valence-electron chi connectivity index (χ2n) is 7.25. The van der Waals surface area contributed by atoms with E-state index >= 15 is 0 Å². The predicted octanol–water partition coefficient (Wildman–Crippen LogP) is 2.57. The highest BCUT2D eigenvalue weighted by molar-refractivity contribution is 5.80. The van der Waals surface area contributed by atoms with E-state index in [-0.39, 0.29) is 5.97 Å². The van der Waals surface area contributed by atoms with Crippen LogP contribution in [0.15, 0.2) is 0 Å². The van der Waals surface area contributed by atoms with Crippen LogP contribution >= 0.6 is 0 Å². The van der Waals surface area contributed by atoms with Crippen LogP contribution in [0.3, 0.4) is 0 Å². The summed E-state index contributed by atoms with van der Waals surface area (Å²) in [6.45, 7) is 11.0. The average Bonchev–Trinajstić information content (AvgIpc) is 3.30. The molecule has 0 spiro atoms. The summed E-state index contributed by atoms with van der Waals surface area (Å²) in [6.07, 6.45) is 5.94. The van der Waals surface area contributed by atoms with Crippen LogP contribution < -0.4 is 5.32 Å². The minimum Gasteiger partial charge on any atom is -0.465 e. The van der Waals surface area contributed by atoms with Crippen molar-refractivity contribution in [3.8, 4) is 0 Å². The highest BCUT2D eigenvalue weighted by Gasteiger charge is 2.40. The maximum Gasteiger partial charge on any atom is 0.326 e. The summed E-state index contributed by atoms with van der Waals surface area (Å²) in [5.74, 6) is 0.796. The third-order valence-electron chi connectivity index (χ3n) is 4.64. The minimum atomic E-state index is -0.534. The van der Waals surface area contributed by atoms with E-state index in [9.17, 15) is 4.79 Å². The Balaban J connectivity index is 1.90. The summed E-state index contributed by atoms with van der Waals surface area (Å²) >= 11 is 0. The fourth-order valence-electron chi connectivity index (χ4n) is 2.76. The molecule has 21 heavy (non-hydrogen) atoms. The maximum absolute atomic E-state index is 12.3. The SMILES string of the molecule is CCOC(=O)C(C)(CCN(CC1CC1)C(C)C)NC1CC1. The largest absolute Gasteiger partial charge is 0.465 e. The van der Waals surface area contributed by atoms with Crippen LogP contribution in [0.2, 0.25) is 0 Å². The standard InChI is InChI=1S/C17H32N2O2/c1-5-21-16(20)17(4,18-15-8-9-15)10-11-19(13(2)3)12-14-6-7-14/h13-15,18H,5-12H2,1-4H3. The second-order valence-corrected chi connectivity index (χ2v) is 7.25. The first kappa shape index (κ1) is 16.8. The molecule has 0 aromatic heterocycles. The first-order chi connectivity index (χ1) is 9.94. The average molecular weight is 296 g/mol. The number of hydrogen-bond acceptors (Lipinski definition) is 4. The number of nitrogens with one attached hydrogen (secondary N) is 1. The lowest BCUT2D eigenvalue weighted by Gasteiger charge is -2.33. The van der Waals surface area contributed by atoms with Crippen molar-refractivity contribution < 1.29 is 9.53 Å². The van der Waals surface area contributed by atoms with Crippen LogP contribution in [-0.2, 0) is 9.53 Å². The second kappa shape index (κ2) is 7.10. The molecule has 0 radical (unpaired) electrons. The minimum absolute atomic E-state index is 0.0907. The Kier molecular flexibility index (Phi) is 5.67. The van der Waals surface area contributed by atoms with Gasteiger partial charge in [-0.25, -0.2) is 0 Å². The summed E-state index contributed by atoms with van der Waals surface area (Å²) < 4.78 is 5.30. The molecule has 0 saturated heterocycles. The monoisotopic (exact) mass is 296 g/mol. The summed E-state index contributed by atoms with van der Waals surface area (Å²) in [4.78, 5) is 14.9. The number of carbonyl (C=O) groups is 1. The topological polar surface area (TPSA) is 41.6 Å². The van der Waals surface area contributed by atoms with Crippen LogP contribution in [-0.4, -0.2) is 48.2 Å². The molecule has 2 fully saturated rings. The third-order valence-corrected chi connectivity index (χ3v) is 4.64. The van der Waals surface area contributed by atoms with Crippen molar-refractivity contribution in [1.82, 2.24) is 10.2 Å². The molecule has 4 nitrogen and oxygen atoms in total. The zero-order chi connectivity index (χ0) is 15.5. The van der Waals surface area contributed by atoms with Gasteiger partial charge in [0.2, 0.25) is 0 Å². The van der Waals surface area contributed by atoms with Gasteiger partial charge in [0.1, 0.15) is 5.54 Å². The molecular formula is C17H32N2O2. The van der Waals surface area contributed by atoms with Crippen molar-refractivity contribution in [3.05, 3.63) is 0 Å². The summed E-state index contributed by atoms with van der Waals surface area (Å²) in [7, 11) is 0. The third kappa shape index (κ3) is 5.26. The molecule has 0 aromatic carbocycles. The Morgan fingerprint density at radius 3 is 2.48 bits per heavy atom. The smallest absolute Gasteiger partial charge is 0.326 e. The van der Waals surface area contributed by atoms with E-state index in [4.69, 9.17) is 4.74 Å². The van der Waals surface area contributed by atoms with Crippen molar-refractivity contribution in [2.75, 3.05) is 19.7 Å². The number of nitrogens with zero attached hydrogens (tertiary/aromatic N) is 1. The Labute approximate surface area is 129 Å². The molecule has 2 saturated carbocycles. The maximum atomic E-state index is 12.3. The van der Waals surface area contributed by atoms with Crippen molar-refractivity contribution >= 4 is 5.97 Å². The predicted molar refractivity (Wildman–Crippen MR) is 85.2 cm³/mol. The zero-order valence-electron chi connectivity index (χ0n) is 14.2. The molecule has 2 aliphatic carbocycles. The first-order valence-corrected chi connectivity index (χ1v) is 8.63. The van der Waals surface area contributed by atoms with Crippen LogP contribution in [0, 0.1) is 5.92 Å². The van der Waals surface area contributed by atoms with Gasteiger partial charge in [-0.3, -0.25) is 10.1 Å². The molecule has 0 heterocycles. The van der Waals surface area contributed by atoms with E-state index in [2.05, 4.69) is 24.1 Å². The number of carbonyl (C=O) groups excluding carboxylic acids is 1. The van der Waals surface area contributed by atoms with Crippen LogP contribution in [0.25, 0.3) is 0 Å². The van der Waals surface area contributed by atoms with Gasteiger partial charge in [-0.15, -0.1) is 0 Å². The van der Waals surface area contributed by atoms with Crippen molar-refractivity contribution in [2.45, 2.75) is 77.4 Å². The number of hydrogen-bond donors (Lipinski definition) is 1. The highest BCUT2D eigenvalue weighted by atomic mass is 16.5.